The summed E-state index contributed by atoms with van der Waals surface area (Å²) in [6.45, 7) is 1.75. The van der Waals surface area contributed by atoms with Crippen LogP contribution in [-0.2, 0) is 4.79 Å². The average molecular weight is 348 g/mol. The quantitative estimate of drug-likeness (QED) is 0.838. The first-order valence-corrected chi connectivity index (χ1v) is 9.02. The van der Waals surface area contributed by atoms with Gasteiger partial charge in [0, 0.05) is 26.2 Å². The van der Waals surface area contributed by atoms with E-state index < -0.39 is 11.5 Å². The van der Waals surface area contributed by atoms with Crippen LogP contribution in [0.2, 0.25) is 0 Å². The van der Waals surface area contributed by atoms with Crippen molar-refractivity contribution in [3.63, 3.8) is 0 Å². The van der Waals surface area contributed by atoms with E-state index in [1.807, 2.05) is 16.3 Å². The van der Waals surface area contributed by atoms with Gasteiger partial charge in [-0.25, -0.2) is 9.97 Å². The van der Waals surface area contributed by atoms with Crippen molar-refractivity contribution in [3.05, 3.63) is 17.8 Å². The molecule has 0 radical (unpaired) electrons. The van der Waals surface area contributed by atoms with Crippen LogP contribution in [0, 0.1) is 5.41 Å². The zero-order valence-electron chi connectivity index (χ0n) is 13.3. The maximum Gasteiger partial charge on any atom is 0.231 e. The highest BCUT2D eigenvalue weighted by Crippen LogP contribution is 2.46. The summed E-state index contributed by atoms with van der Waals surface area (Å²) < 4.78 is 0. The van der Waals surface area contributed by atoms with Crippen LogP contribution in [0.5, 0.6) is 0 Å². The average Bonchev–Trinajstić information content (AvgIpc) is 3.29. The van der Waals surface area contributed by atoms with Gasteiger partial charge in [0.1, 0.15) is 17.0 Å². The number of anilines is 1. The fraction of sp³-hybridized carbons (Fsp3) is 0.562. The molecular weight excluding hydrogens is 328 g/mol. The molecule has 1 atom stereocenters. The van der Waals surface area contributed by atoms with E-state index in [-0.39, 0.29) is 12.5 Å². The Morgan fingerprint density at radius 2 is 2.17 bits per heavy atom. The maximum absolute atomic E-state index is 12.6. The Morgan fingerprint density at radius 3 is 2.92 bits per heavy atom. The Morgan fingerprint density at radius 1 is 1.33 bits per heavy atom. The highest BCUT2D eigenvalue weighted by molar-refractivity contribution is 7.16. The van der Waals surface area contributed by atoms with Crippen LogP contribution in [0.4, 0.5) is 5.82 Å². The summed E-state index contributed by atoms with van der Waals surface area (Å²) in [4.78, 5) is 25.9. The molecule has 2 fully saturated rings. The van der Waals surface area contributed by atoms with Gasteiger partial charge in [-0.15, -0.1) is 11.3 Å². The van der Waals surface area contributed by atoms with Crippen molar-refractivity contribution in [2.75, 3.05) is 37.7 Å². The Hall–Kier alpha value is -1.77. The molecular formula is C16H20N4O3S. The number of hydrogen-bond donors (Lipinski definition) is 2. The van der Waals surface area contributed by atoms with Crippen molar-refractivity contribution in [1.29, 1.82) is 0 Å². The van der Waals surface area contributed by atoms with E-state index in [2.05, 4.69) is 9.97 Å². The van der Waals surface area contributed by atoms with Gasteiger partial charge in [-0.1, -0.05) is 0 Å². The summed E-state index contributed by atoms with van der Waals surface area (Å²) in [5.41, 5.74) is -0.593. The highest BCUT2D eigenvalue weighted by atomic mass is 32.1. The fourth-order valence-corrected chi connectivity index (χ4v) is 4.05. The molecule has 2 aliphatic rings. The summed E-state index contributed by atoms with van der Waals surface area (Å²) in [6, 6.07) is 1.99. The second kappa shape index (κ2) is 5.94. The number of fused-ring (bicyclic) bond motifs is 1. The second-order valence-electron chi connectivity index (χ2n) is 6.63. The molecule has 1 aliphatic carbocycles. The summed E-state index contributed by atoms with van der Waals surface area (Å²) in [5, 5.41) is 22.8. The number of carbonyl (C=O) groups is 1. The summed E-state index contributed by atoms with van der Waals surface area (Å²) >= 11 is 1.56. The minimum Gasteiger partial charge on any atom is -0.395 e. The Balaban J connectivity index is 1.56. The van der Waals surface area contributed by atoms with Gasteiger partial charge in [-0.05, 0) is 24.3 Å². The van der Waals surface area contributed by atoms with Crippen molar-refractivity contribution in [2.45, 2.75) is 18.9 Å². The number of carbonyl (C=O) groups excluding carboxylic acids is 1. The van der Waals surface area contributed by atoms with Crippen LogP contribution in [0.15, 0.2) is 17.8 Å². The summed E-state index contributed by atoms with van der Waals surface area (Å²) in [5.74, 6) is 0.771. The molecule has 7 nitrogen and oxygen atoms in total. The third-order valence-corrected chi connectivity index (χ3v) is 5.76. The number of β-amino-alcohol motifs (C(OH)–C–C–N with tert-alkyl or cyclic N) is 1. The fourth-order valence-electron chi connectivity index (χ4n) is 3.32. The third kappa shape index (κ3) is 2.64. The monoisotopic (exact) mass is 348 g/mol. The minimum atomic E-state index is -0.644. The molecule has 2 aromatic rings. The molecule has 1 saturated heterocycles. The van der Waals surface area contributed by atoms with Gasteiger partial charge in [0.25, 0.3) is 0 Å². The molecule has 3 heterocycles. The normalized spacial score (nSPS) is 23.3. The number of hydrogen-bond acceptors (Lipinski definition) is 7. The zero-order valence-corrected chi connectivity index (χ0v) is 14.1. The third-order valence-electron chi connectivity index (χ3n) is 4.94. The lowest BCUT2D eigenvalue weighted by molar-refractivity contribution is -0.139. The van der Waals surface area contributed by atoms with Gasteiger partial charge in [0.2, 0.25) is 5.91 Å². The molecule has 8 heteroatoms. The molecule has 1 aliphatic heterocycles. The Bertz CT molecular complexity index is 761. The van der Waals surface area contributed by atoms with E-state index in [1.54, 1.807) is 22.6 Å². The van der Waals surface area contributed by atoms with Gasteiger partial charge in [-0.3, -0.25) is 4.79 Å². The molecule has 0 bridgehead atoms. The predicted molar refractivity (Wildman–Crippen MR) is 91.0 cm³/mol. The van der Waals surface area contributed by atoms with Crippen molar-refractivity contribution in [3.8, 4) is 0 Å². The number of amides is 1. The van der Waals surface area contributed by atoms with Crippen LogP contribution < -0.4 is 4.90 Å². The standard InChI is InChI=1S/C16H20N4O3S/c21-9-16(2-3-16)15(23)20-5-4-19(7-11(22)8-20)13-12-1-6-24-14(12)18-10-17-13/h1,6,10-11,21-22H,2-5,7-9H2/t11-/m0/s1. The number of nitrogens with zero attached hydrogens (tertiary/aromatic N) is 4. The van der Waals surface area contributed by atoms with E-state index >= 15 is 0 Å². The predicted octanol–water partition coefficient (Wildman–Crippen LogP) is 0.473. The van der Waals surface area contributed by atoms with E-state index in [1.165, 1.54) is 0 Å². The molecule has 0 aromatic carbocycles. The molecule has 2 N–H and O–H groups in total. The van der Waals surface area contributed by atoms with Gasteiger partial charge in [0.15, 0.2) is 0 Å². The van der Waals surface area contributed by atoms with Gasteiger partial charge in [0.05, 0.1) is 23.5 Å². The second-order valence-corrected chi connectivity index (χ2v) is 7.52. The number of thiophene rings is 1. The maximum atomic E-state index is 12.6. The largest absolute Gasteiger partial charge is 0.395 e. The van der Waals surface area contributed by atoms with Crippen molar-refractivity contribution in [1.82, 2.24) is 14.9 Å². The molecule has 128 valence electrons. The Labute approximate surface area is 143 Å². The first kappa shape index (κ1) is 15.7. The first-order valence-electron chi connectivity index (χ1n) is 8.14. The van der Waals surface area contributed by atoms with E-state index in [0.29, 0.717) is 26.2 Å². The number of aromatic nitrogens is 2. The van der Waals surface area contributed by atoms with Crippen LogP contribution >= 0.6 is 11.3 Å². The van der Waals surface area contributed by atoms with Gasteiger partial charge >= 0.3 is 0 Å². The van der Waals surface area contributed by atoms with Crippen LogP contribution in [0.1, 0.15) is 12.8 Å². The van der Waals surface area contributed by atoms with Crippen LogP contribution in [0.3, 0.4) is 0 Å². The molecule has 1 amide bonds. The lowest BCUT2D eigenvalue weighted by atomic mass is 10.1. The van der Waals surface area contributed by atoms with Crippen LogP contribution in [-0.4, -0.2) is 69.9 Å². The van der Waals surface area contributed by atoms with E-state index in [0.717, 1.165) is 28.9 Å². The van der Waals surface area contributed by atoms with Gasteiger partial charge in [-0.2, -0.15) is 0 Å². The summed E-state index contributed by atoms with van der Waals surface area (Å²) in [6.07, 6.45) is 2.37. The van der Waals surface area contributed by atoms with Gasteiger partial charge < -0.3 is 20.0 Å². The highest BCUT2D eigenvalue weighted by Gasteiger charge is 2.51. The van der Waals surface area contributed by atoms with E-state index in [9.17, 15) is 15.0 Å². The van der Waals surface area contributed by atoms with Crippen molar-refractivity contribution < 1.29 is 15.0 Å². The number of rotatable bonds is 3. The molecule has 24 heavy (non-hydrogen) atoms. The smallest absolute Gasteiger partial charge is 0.231 e. The topological polar surface area (TPSA) is 89.8 Å². The SMILES string of the molecule is O=C(N1CCN(c2ncnc3sccc23)C[C@H](O)C1)C1(CO)CC1. The summed E-state index contributed by atoms with van der Waals surface area (Å²) in [7, 11) is 0. The number of aliphatic hydroxyl groups excluding tert-OH is 2. The lowest BCUT2D eigenvalue weighted by Crippen LogP contribution is -2.43. The van der Waals surface area contributed by atoms with Crippen LogP contribution in [0.25, 0.3) is 10.2 Å². The molecule has 0 spiro atoms. The molecule has 0 unspecified atom stereocenters. The van der Waals surface area contributed by atoms with Crippen molar-refractivity contribution in [2.24, 2.45) is 5.41 Å². The molecule has 2 aromatic heterocycles. The van der Waals surface area contributed by atoms with E-state index in [4.69, 9.17) is 0 Å². The first-order chi connectivity index (χ1) is 11.6. The zero-order chi connectivity index (χ0) is 16.7. The number of aliphatic hydroxyl groups is 2. The Kier molecular flexibility index (Phi) is 3.90. The minimum absolute atomic E-state index is 0.0331. The lowest BCUT2D eigenvalue weighted by Gasteiger charge is -2.26. The molecule has 4 rings (SSSR count). The van der Waals surface area contributed by atoms with Crippen molar-refractivity contribution >= 4 is 33.3 Å². The molecule has 1 saturated carbocycles.